The fraction of sp³-hybridized carbons (Fsp3) is 0.333. The molecule has 3 rings (SSSR count). The van der Waals surface area contributed by atoms with Crippen LogP contribution in [0.25, 0.3) is 0 Å². The van der Waals surface area contributed by atoms with Crippen molar-refractivity contribution in [3.63, 3.8) is 0 Å². The summed E-state index contributed by atoms with van der Waals surface area (Å²) in [5.41, 5.74) is 3.23. The fourth-order valence-corrected chi connectivity index (χ4v) is 3.09. The van der Waals surface area contributed by atoms with E-state index in [1.54, 1.807) is 14.2 Å². The van der Waals surface area contributed by atoms with E-state index in [0.29, 0.717) is 19.5 Å². The number of nitrogens with zero attached hydrogens (tertiary/aromatic N) is 2. The molecule has 1 amide bonds. The summed E-state index contributed by atoms with van der Waals surface area (Å²) in [7, 11) is 3.42. The van der Waals surface area contributed by atoms with Crippen molar-refractivity contribution >= 4 is 17.6 Å². The van der Waals surface area contributed by atoms with Gasteiger partial charge >= 0.3 is 0 Å². The van der Waals surface area contributed by atoms with Crippen molar-refractivity contribution in [3.05, 3.63) is 59.7 Å². The lowest BCUT2D eigenvalue weighted by atomic mass is 10.2. The zero-order valence-corrected chi connectivity index (χ0v) is 15.9. The minimum Gasteiger partial charge on any atom is -0.497 e. The second-order valence-corrected chi connectivity index (χ2v) is 6.45. The molecule has 142 valence electrons. The van der Waals surface area contributed by atoms with Gasteiger partial charge in [-0.3, -0.25) is 9.79 Å². The predicted molar refractivity (Wildman–Crippen MR) is 108 cm³/mol. The molecule has 1 saturated heterocycles. The highest BCUT2D eigenvalue weighted by Crippen LogP contribution is 2.21. The quantitative estimate of drug-likeness (QED) is 0.609. The van der Waals surface area contributed by atoms with Crippen molar-refractivity contribution < 1.29 is 9.53 Å². The van der Waals surface area contributed by atoms with Crippen LogP contribution in [0.5, 0.6) is 5.75 Å². The van der Waals surface area contributed by atoms with E-state index in [9.17, 15) is 4.79 Å². The molecule has 0 aromatic heterocycles. The first-order valence-corrected chi connectivity index (χ1v) is 9.16. The molecule has 0 saturated carbocycles. The molecule has 1 fully saturated rings. The second kappa shape index (κ2) is 9.07. The SMILES string of the molecule is CN=C(NCc1ccc(N2CCCC2=O)cc1)NCc1cccc(OC)c1. The number of nitrogens with one attached hydrogen (secondary N) is 2. The number of carbonyl (C=O) groups is 1. The van der Waals surface area contributed by atoms with Crippen LogP contribution in [-0.4, -0.2) is 32.6 Å². The Morgan fingerprint density at radius 3 is 2.48 bits per heavy atom. The molecule has 6 nitrogen and oxygen atoms in total. The van der Waals surface area contributed by atoms with Crippen molar-refractivity contribution in [1.29, 1.82) is 0 Å². The van der Waals surface area contributed by atoms with Gasteiger partial charge in [-0.25, -0.2) is 0 Å². The number of rotatable bonds is 6. The number of methoxy groups -OCH3 is 1. The number of amides is 1. The highest BCUT2D eigenvalue weighted by Gasteiger charge is 2.21. The zero-order valence-electron chi connectivity index (χ0n) is 15.9. The van der Waals surface area contributed by atoms with Crippen molar-refractivity contribution in [2.24, 2.45) is 4.99 Å². The van der Waals surface area contributed by atoms with E-state index in [2.05, 4.69) is 15.6 Å². The number of ether oxygens (including phenoxy) is 1. The topological polar surface area (TPSA) is 66.0 Å². The smallest absolute Gasteiger partial charge is 0.227 e. The molecular weight excluding hydrogens is 340 g/mol. The monoisotopic (exact) mass is 366 g/mol. The standard InChI is InChI=1S/C21H26N4O2/c1-22-21(24-15-17-5-3-6-19(13-17)27-2)23-14-16-8-10-18(11-9-16)25-12-4-7-20(25)26/h3,5-6,8-11,13H,4,7,12,14-15H2,1-2H3,(H2,22,23,24). The Hall–Kier alpha value is -3.02. The third-order valence-corrected chi connectivity index (χ3v) is 4.60. The summed E-state index contributed by atoms with van der Waals surface area (Å²) in [5, 5.41) is 6.61. The van der Waals surface area contributed by atoms with Gasteiger partial charge in [0.05, 0.1) is 7.11 Å². The number of anilines is 1. The lowest BCUT2D eigenvalue weighted by Gasteiger charge is -2.16. The maximum atomic E-state index is 11.8. The van der Waals surface area contributed by atoms with Gasteiger partial charge in [-0.2, -0.15) is 0 Å². The van der Waals surface area contributed by atoms with Crippen LogP contribution in [0.2, 0.25) is 0 Å². The summed E-state index contributed by atoms with van der Waals surface area (Å²) in [4.78, 5) is 17.9. The van der Waals surface area contributed by atoms with Gasteiger partial charge < -0.3 is 20.3 Å². The lowest BCUT2D eigenvalue weighted by molar-refractivity contribution is -0.117. The summed E-state index contributed by atoms with van der Waals surface area (Å²) in [6.07, 6.45) is 1.59. The first-order valence-electron chi connectivity index (χ1n) is 9.16. The Kier molecular flexibility index (Phi) is 6.30. The third kappa shape index (κ3) is 5.00. The third-order valence-electron chi connectivity index (χ3n) is 4.60. The van der Waals surface area contributed by atoms with Gasteiger partial charge in [-0.1, -0.05) is 24.3 Å². The zero-order chi connectivity index (χ0) is 19.1. The fourth-order valence-electron chi connectivity index (χ4n) is 3.09. The van der Waals surface area contributed by atoms with Crippen LogP contribution in [-0.2, 0) is 17.9 Å². The van der Waals surface area contributed by atoms with E-state index >= 15 is 0 Å². The molecule has 2 aromatic carbocycles. The van der Waals surface area contributed by atoms with Crippen molar-refractivity contribution in [2.75, 3.05) is 25.6 Å². The van der Waals surface area contributed by atoms with Crippen LogP contribution in [0.1, 0.15) is 24.0 Å². The van der Waals surface area contributed by atoms with E-state index in [4.69, 9.17) is 4.74 Å². The Morgan fingerprint density at radius 2 is 1.85 bits per heavy atom. The molecular formula is C21H26N4O2. The van der Waals surface area contributed by atoms with Gasteiger partial charge in [0.15, 0.2) is 5.96 Å². The first-order chi connectivity index (χ1) is 13.2. The van der Waals surface area contributed by atoms with E-state index in [0.717, 1.165) is 41.5 Å². The maximum absolute atomic E-state index is 11.8. The van der Waals surface area contributed by atoms with Crippen LogP contribution >= 0.6 is 0 Å². The average molecular weight is 366 g/mol. The molecule has 0 spiro atoms. The average Bonchev–Trinajstić information content (AvgIpc) is 3.14. The molecule has 2 aromatic rings. The van der Waals surface area contributed by atoms with Gasteiger partial charge in [0.1, 0.15) is 5.75 Å². The summed E-state index contributed by atoms with van der Waals surface area (Å²) in [5.74, 6) is 1.79. The Morgan fingerprint density at radius 1 is 1.11 bits per heavy atom. The van der Waals surface area contributed by atoms with Gasteiger partial charge in [0.2, 0.25) is 5.91 Å². The minimum atomic E-state index is 0.211. The van der Waals surface area contributed by atoms with Crippen molar-refractivity contribution in [1.82, 2.24) is 10.6 Å². The summed E-state index contributed by atoms with van der Waals surface area (Å²) in [6.45, 7) is 2.14. The first kappa shape index (κ1) is 18.8. The van der Waals surface area contributed by atoms with Crippen LogP contribution in [0.4, 0.5) is 5.69 Å². The number of hydrogen-bond acceptors (Lipinski definition) is 3. The number of benzene rings is 2. The molecule has 0 atom stereocenters. The van der Waals surface area contributed by atoms with Crippen LogP contribution in [0, 0.1) is 0 Å². The van der Waals surface area contributed by atoms with E-state index in [1.165, 1.54) is 0 Å². The molecule has 0 unspecified atom stereocenters. The highest BCUT2D eigenvalue weighted by molar-refractivity contribution is 5.95. The van der Waals surface area contributed by atoms with Gasteiger partial charge in [0, 0.05) is 38.8 Å². The number of guanidine groups is 1. The predicted octanol–water partition coefficient (Wildman–Crippen LogP) is 2.69. The van der Waals surface area contributed by atoms with Gasteiger partial charge in [-0.15, -0.1) is 0 Å². The minimum absolute atomic E-state index is 0.211. The Balaban J connectivity index is 1.51. The highest BCUT2D eigenvalue weighted by atomic mass is 16.5. The van der Waals surface area contributed by atoms with Crippen molar-refractivity contribution in [2.45, 2.75) is 25.9 Å². The molecule has 0 radical (unpaired) electrons. The molecule has 0 bridgehead atoms. The molecule has 0 aliphatic carbocycles. The summed E-state index contributed by atoms with van der Waals surface area (Å²) in [6, 6.07) is 16.0. The van der Waals surface area contributed by atoms with E-state index in [-0.39, 0.29) is 5.91 Å². The number of aliphatic imine (C=N–C) groups is 1. The summed E-state index contributed by atoms with van der Waals surface area (Å²) >= 11 is 0. The largest absolute Gasteiger partial charge is 0.497 e. The van der Waals surface area contributed by atoms with Crippen LogP contribution < -0.4 is 20.3 Å². The normalized spacial score (nSPS) is 14.4. The van der Waals surface area contributed by atoms with Crippen molar-refractivity contribution in [3.8, 4) is 5.75 Å². The molecule has 1 aliphatic heterocycles. The molecule has 27 heavy (non-hydrogen) atoms. The Labute approximate surface area is 160 Å². The molecule has 2 N–H and O–H groups in total. The van der Waals surface area contributed by atoms with Gasteiger partial charge in [0.25, 0.3) is 0 Å². The van der Waals surface area contributed by atoms with Crippen LogP contribution in [0.3, 0.4) is 0 Å². The Bertz CT molecular complexity index is 802. The maximum Gasteiger partial charge on any atom is 0.227 e. The number of carbonyl (C=O) groups excluding carboxylic acids is 1. The van der Waals surface area contributed by atoms with Crippen LogP contribution in [0.15, 0.2) is 53.5 Å². The van der Waals surface area contributed by atoms with Gasteiger partial charge in [-0.05, 0) is 41.8 Å². The second-order valence-electron chi connectivity index (χ2n) is 6.45. The number of hydrogen-bond donors (Lipinski definition) is 2. The lowest BCUT2D eigenvalue weighted by Crippen LogP contribution is -2.36. The van der Waals surface area contributed by atoms with E-state index < -0.39 is 0 Å². The molecule has 6 heteroatoms. The summed E-state index contributed by atoms with van der Waals surface area (Å²) < 4.78 is 5.25. The molecule has 1 aliphatic rings. The van der Waals surface area contributed by atoms with E-state index in [1.807, 2.05) is 53.4 Å². The molecule has 1 heterocycles.